The maximum Gasteiger partial charge on any atom is 0.273 e. The van der Waals surface area contributed by atoms with Crippen molar-refractivity contribution in [1.82, 2.24) is 4.90 Å². The third-order valence-corrected chi connectivity index (χ3v) is 5.21. The Labute approximate surface area is 168 Å². The van der Waals surface area contributed by atoms with Gasteiger partial charge >= 0.3 is 0 Å². The molecule has 1 aliphatic carbocycles. The molecule has 1 N–H and O–H groups in total. The number of nitrogens with one attached hydrogen (secondary N) is 1. The van der Waals surface area contributed by atoms with Crippen molar-refractivity contribution in [1.29, 1.82) is 0 Å². The Morgan fingerprint density at radius 2 is 2.07 bits per heavy atom. The second-order valence-electron chi connectivity index (χ2n) is 6.79. The first kappa shape index (κ1) is 20.1. The number of carbonyl (C=O) groups is 1. The quantitative estimate of drug-likeness (QED) is 0.521. The van der Waals surface area contributed by atoms with Gasteiger partial charge in [-0.1, -0.05) is 29.8 Å². The fourth-order valence-corrected chi connectivity index (χ4v) is 3.53. The molecule has 0 radical (unpaired) electrons. The molecule has 1 fully saturated rings. The van der Waals surface area contributed by atoms with Crippen LogP contribution < -0.4 is 10.1 Å². The van der Waals surface area contributed by atoms with Crippen molar-refractivity contribution in [2.24, 2.45) is 0 Å². The summed E-state index contributed by atoms with van der Waals surface area (Å²) >= 11 is 6.34. The van der Waals surface area contributed by atoms with E-state index in [-0.39, 0.29) is 29.9 Å². The van der Waals surface area contributed by atoms with Crippen LogP contribution in [0.2, 0.25) is 5.02 Å². The predicted molar refractivity (Wildman–Crippen MR) is 108 cm³/mol. The molecule has 7 nitrogen and oxygen atoms in total. The van der Waals surface area contributed by atoms with E-state index < -0.39 is 4.92 Å². The molecule has 1 unspecified atom stereocenters. The van der Waals surface area contributed by atoms with E-state index in [1.807, 2.05) is 31.2 Å². The lowest BCUT2D eigenvalue weighted by atomic mass is 10.1. The highest BCUT2D eigenvalue weighted by Crippen LogP contribution is 2.36. The first-order valence-corrected chi connectivity index (χ1v) is 9.41. The van der Waals surface area contributed by atoms with Gasteiger partial charge in [-0.15, -0.1) is 0 Å². The fraction of sp³-hybridized carbons (Fsp3) is 0.350. The highest BCUT2D eigenvalue weighted by molar-refractivity contribution is 6.31. The second-order valence-corrected chi connectivity index (χ2v) is 7.20. The molecular formula is C20H22ClN3O4. The molecule has 1 aliphatic rings. The lowest BCUT2D eigenvalue weighted by Crippen LogP contribution is -2.37. The third kappa shape index (κ3) is 4.61. The molecule has 1 atom stereocenters. The Kier molecular flexibility index (Phi) is 6.16. The summed E-state index contributed by atoms with van der Waals surface area (Å²) in [4.78, 5) is 25.2. The van der Waals surface area contributed by atoms with Crippen molar-refractivity contribution >= 4 is 28.9 Å². The largest absolute Gasteiger partial charge is 0.494 e. The van der Waals surface area contributed by atoms with Gasteiger partial charge in [-0.2, -0.15) is 0 Å². The summed E-state index contributed by atoms with van der Waals surface area (Å²) < 4.78 is 5.18. The minimum absolute atomic E-state index is 0.00861. The van der Waals surface area contributed by atoms with Crippen LogP contribution in [0.15, 0.2) is 42.5 Å². The molecule has 0 spiro atoms. The Hall–Kier alpha value is -2.64. The number of carbonyl (C=O) groups excluding carboxylic acids is 1. The molecule has 1 amide bonds. The van der Waals surface area contributed by atoms with Crippen LogP contribution in [0.4, 0.5) is 11.4 Å². The van der Waals surface area contributed by atoms with E-state index in [9.17, 15) is 14.9 Å². The van der Waals surface area contributed by atoms with Crippen LogP contribution in [-0.4, -0.2) is 35.4 Å². The summed E-state index contributed by atoms with van der Waals surface area (Å²) in [5, 5.41) is 14.4. The molecule has 28 heavy (non-hydrogen) atoms. The molecule has 0 bridgehead atoms. The van der Waals surface area contributed by atoms with Crippen LogP contribution in [0.1, 0.15) is 31.4 Å². The third-order valence-electron chi connectivity index (χ3n) is 4.86. The number of nitro groups is 1. The standard InChI is InChI=1S/C20H22ClN3O4/c1-13(16-5-3-4-6-17(16)21)23(14-7-8-14)12-20(25)22-18-10-9-15(24(26)27)11-19(18)28-2/h3-6,9-11,13-14H,7-8,12H2,1-2H3,(H,22,25). The smallest absolute Gasteiger partial charge is 0.273 e. The summed E-state index contributed by atoms with van der Waals surface area (Å²) in [6.45, 7) is 2.23. The van der Waals surface area contributed by atoms with Gasteiger partial charge in [-0.25, -0.2) is 0 Å². The first-order chi connectivity index (χ1) is 13.4. The number of amides is 1. The van der Waals surface area contributed by atoms with Gasteiger partial charge in [0.25, 0.3) is 5.69 Å². The molecule has 0 heterocycles. The van der Waals surface area contributed by atoms with Crippen molar-refractivity contribution < 1.29 is 14.5 Å². The normalized spacial score (nSPS) is 14.6. The zero-order valence-corrected chi connectivity index (χ0v) is 16.5. The number of nitro benzene ring substituents is 1. The van der Waals surface area contributed by atoms with Crippen molar-refractivity contribution in [2.75, 3.05) is 19.0 Å². The van der Waals surface area contributed by atoms with Gasteiger partial charge in [0.1, 0.15) is 5.75 Å². The number of hydrogen-bond donors (Lipinski definition) is 1. The van der Waals surface area contributed by atoms with Gasteiger partial charge < -0.3 is 10.1 Å². The van der Waals surface area contributed by atoms with Crippen molar-refractivity contribution in [3.63, 3.8) is 0 Å². The second kappa shape index (κ2) is 8.58. The molecule has 1 saturated carbocycles. The Balaban J connectivity index is 1.74. The molecule has 0 aliphatic heterocycles. The number of methoxy groups -OCH3 is 1. The van der Waals surface area contributed by atoms with Gasteiger partial charge in [0, 0.05) is 23.2 Å². The van der Waals surface area contributed by atoms with Crippen molar-refractivity contribution in [3.8, 4) is 5.75 Å². The zero-order chi connectivity index (χ0) is 20.3. The number of non-ortho nitro benzene ring substituents is 1. The maximum absolute atomic E-state index is 12.7. The number of benzene rings is 2. The molecule has 8 heteroatoms. The molecule has 2 aromatic carbocycles. The highest BCUT2D eigenvalue weighted by atomic mass is 35.5. The number of hydrogen-bond acceptors (Lipinski definition) is 5. The van der Waals surface area contributed by atoms with E-state index in [4.69, 9.17) is 16.3 Å². The first-order valence-electron chi connectivity index (χ1n) is 9.03. The summed E-state index contributed by atoms with van der Waals surface area (Å²) in [5.74, 6) is 0.0395. The van der Waals surface area contributed by atoms with E-state index in [1.54, 1.807) is 0 Å². The molecular weight excluding hydrogens is 382 g/mol. The highest BCUT2D eigenvalue weighted by Gasteiger charge is 2.34. The van der Waals surface area contributed by atoms with Crippen LogP contribution in [0.3, 0.4) is 0 Å². The minimum atomic E-state index is -0.506. The molecule has 148 valence electrons. The van der Waals surface area contributed by atoms with Crippen LogP contribution >= 0.6 is 11.6 Å². The fourth-order valence-electron chi connectivity index (χ4n) is 3.23. The average Bonchev–Trinajstić information content (AvgIpc) is 3.51. The van der Waals surface area contributed by atoms with Crippen LogP contribution in [0.25, 0.3) is 0 Å². The SMILES string of the molecule is COc1cc([N+](=O)[O-])ccc1NC(=O)CN(C1CC1)C(C)c1ccccc1Cl. The van der Waals surface area contributed by atoms with Gasteiger partial charge in [0.05, 0.1) is 30.3 Å². The molecule has 2 aromatic rings. The monoisotopic (exact) mass is 403 g/mol. The maximum atomic E-state index is 12.7. The van der Waals surface area contributed by atoms with Crippen LogP contribution in [-0.2, 0) is 4.79 Å². The van der Waals surface area contributed by atoms with Crippen molar-refractivity contribution in [3.05, 3.63) is 63.2 Å². The number of halogens is 1. The van der Waals surface area contributed by atoms with E-state index in [0.717, 1.165) is 18.4 Å². The summed E-state index contributed by atoms with van der Waals surface area (Å²) in [5.41, 5.74) is 1.29. The number of ether oxygens (including phenoxy) is 1. The number of anilines is 1. The van der Waals surface area contributed by atoms with Gasteiger partial charge in [-0.3, -0.25) is 19.8 Å². The number of rotatable bonds is 8. The lowest BCUT2D eigenvalue weighted by Gasteiger charge is -2.29. The molecule has 0 saturated heterocycles. The summed E-state index contributed by atoms with van der Waals surface area (Å²) in [6, 6.07) is 12.1. The average molecular weight is 404 g/mol. The van der Waals surface area contributed by atoms with Crippen LogP contribution in [0, 0.1) is 10.1 Å². The Bertz CT molecular complexity index is 886. The summed E-state index contributed by atoms with van der Waals surface area (Å²) in [6.07, 6.45) is 2.09. The Morgan fingerprint density at radius 3 is 2.68 bits per heavy atom. The zero-order valence-electron chi connectivity index (χ0n) is 15.7. The number of nitrogens with zero attached hydrogens (tertiary/aromatic N) is 2. The predicted octanol–water partition coefficient (Wildman–Crippen LogP) is 4.42. The minimum Gasteiger partial charge on any atom is -0.494 e. The van der Waals surface area contributed by atoms with E-state index >= 15 is 0 Å². The summed E-state index contributed by atoms with van der Waals surface area (Å²) in [7, 11) is 1.41. The lowest BCUT2D eigenvalue weighted by molar-refractivity contribution is -0.384. The topological polar surface area (TPSA) is 84.7 Å². The van der Waals surface area contributed by atoms with Crippen LogP contribution in [0.5, 0.6) is 5.75 Å². The van der Waals surface area contributed by atoms with Crippen molar-refractivity contribution in [2.45, 2.75) is 31.8 Å². The molecule has 3 rings (SSSR count). The van der Waals surface area contributed by atoms with E-state index in [2.05, 4.69) is 10.2 Å². The molecule has 0 aromatic heterocycles. The van der Waals surface area contributed by atoms with E-state index in [0.29, 0.717) is 16.8 Å². The van der Waals surface area contributed by atoms with Gasteiger partial charge in [0.15, 0.2) is 0 Å². The van der Waals surface area contributed by atoms with E-state index in [1.165, 1.54) is 25.3 Å². The Morgan fingerprint density at radius 1 is 1.36 bits per heavy atom. The van der Waals surface area contributed by atoms with Gasteiger partial charge in [-0.05, 0) is 37.5 Å². The van der Waals surface area contributed by atoms with Gasteiger partial charge in [0.2, 0.25) is 5.91 Å².